The lowest BCUT2D eigenvalue weighted by Gasteiger charge is -1.99. The number of nitro benzene ring substituents is 1. The summed E-state index contributed by atoms with van der Waals surface area (Å²) in [6.07, 6.45) is 1.37. The fraction of sp³-hybridized carbons (Fsp3) is 0.333. The summed E-state index contributed by atoms with van der Waals surface area (Å²) in [6.45, 7) is 2.23. The van der Waals surface area contributed by atoms with Gasteiger partial charge in [-0.3, -0.25) is 10.1 Å². The highest BCUT2D eigenvalue weighted by atomic mass is 16.6. The van der Waals surface area contributed by atoms with Gasteiger partial charge in [-0.2, -0.15) is 0 Å². The van der Waals surface area contributed by atoms with Crippen LogP contribution in [0.5, 0.6) is 0 Å². The number of hydrogen-bond donors (Lipinski definition) is 1. The normalized spacial score (nSPS) is 10.6. The maximum absolute atomic E-state index is 10.9. The standard InChI is InChI=1S/C12H14N4O3/c1-8-4-5-9(7-10(8)16(17)18)12-15-14-11(19-12)3-2-6-13/h4-5,7H,2-3,6,13H2,1H3. The molecule has 1 heterocycles. The zero-order chi connectivity index (χ0) is 13.8. The smallest absolute Gasteiger partial charge is 0.273 e. The van der Waals surface area contributed by atoms with E-state index in [1.165, 1.54) is 6.07 Å². The van der Waals surface area contributed by atoms with Crippen molar-refractivity contribution in [2.75, 3.05) is 6.54 Å². The molecule has 7 heteroatoms. The molecule has 7 nitrogen and oxygen atoms in total. The highest BCUT2D eigenvalue weighted by Crippen LogP contribution is 2.26. The fourth-order valence-corrected chi connectivity index (χ4v) is 1.66. The van der Waals surface area contributed by atoms with Gasteiger partial charge in [0.15, 0.2) is 0 Å². The van der Waals surface area contributed by atoms with Gasteiger partial charge >= 0.3 is 0 Å². The Labute approximate surface area is 109 Å². The third kappa shape index (κ3) is 2.94. The van der Waals surface area contributed by atoms with Crippen molar-refractivity contribution in [1.82, 2.24) is 10.2 Å². The Morgan fingerprint density at radius 1 is 1.42 bits per heavy atom. The van der Waals surface area contributed by atoms with Crippen molar-refractivity contribution < 1.29 is 9.34 Å². The van der Waals surface area contributed by atoms with E-state index in [2.05, 4.69) is 10.2 Å². The van der Waals surface area contributed by atoms with Crippen LogP contribution in [0.15, 0.2) is 22.6 Å². The monoisotopic (exact) mass is 262 g/mol. The molecular formula is C12H14N4O3. The van der Waals surface area contributed by atoms with Crippen LogP contribution in [0.25, 0.3) is 11.5 Å². The topological polar surface area (TPSA) is 108 Å². The van der Waals surface area contributed by atoms with Crippen LogP contribution >= 0.6 is 0 Å². The molecule has 2 rings (SSSR count). The molecule has 100 valence electrons. The highest BCUT2D eigenvalue weighted by molar-refractivity contribution is 5.59. The Hall–Kier alpha value is -2.28. The van der Waals surface area contributed by atoms with Gasteiger partial charge in [0.2, 0.25) is 11.8 Å². The van der Waals surface area contributed by atoms with Crippen LogP contribution in [-0.2, 0) is 6.42 Å². The van der Waals surface area contributed by atoms with Crippen LogP contribution in [0.4, 0.5) is 5.69 Å². The van der Waals surface area contributed by atoms with Crippen molar-refractivity contribution in [2.24, 2.45) is 5.73 Å². The van der Waals surface area contributed by atoms with E-state index in [0.29, 0.717) is 30.0 Å². The zero-order valence-corrected chi connectivity index (χ0v) is 10.5. The molecule has 0 atom stereocenters. The van der Waals surface area contributed by atoms with E-state index < -0.39 is 4.92 Å². The van der Waals surface area contributed by atoms with Crippen molar-refractivity contribution in [3.05, 3.63) is 39.8 Å². The lowest BCUT2D eigenvalue weighted by molar-refractivity contribution is -0.385. The average molecular weight is 262 g/mol. The minimum absolute atomic E-state index is 0.0409. The number of aryl methyl sites for hydroxylation is 2. The first-order valence-corrected chi connectivity index (χ1v) is 5.89. The van der Waals surface area contributed by atoms with E-state index in [1.54, 1.807) is 19.1 Å². The van der Waals surface area contributed by atoms with E-state index in [9.17, 15) is 10.1 Å². The maximum Gasteiger partial charge on any atom is 0.273 e. The Bertz CT molecular complexity index is 594. The summed E-state index contributed by atoms with van der Waals surface area (Å²) in [6, 6.07) is 4.83. The van der Waals surface area contributed by atoms with Gasteiger partial charge in [-0.05, 0) is 26.0 Å². The summed E-state index contributed by atoms with van der Waals surface area (Å²) in [5.74, 6) is 0.777. The van der Waals surface area contributed by atoms with E-state index in [-0.39, 0.29) is 11.6 Å². The second-order valence-electron chi connectivity index (χ2n) is 4.15. The molecule has 0 aliphatic rings. The average Bonchev–Trinajstić information content (AvgIpc) is 2.85. The molecule has 1 aromatic carbocycles. The van der Waals surface area contributed by atoms with E-state index in [4.69, 9.17) is 10.2 Å². The first-order chi connectivity index (χ1) is 9.11. The van der Waals surface area contributed by atoms with Gasteiger partial charge in [0.05, 0.1) is 4.92 Å². The third-order valence-corrected chi connectivity index (χ3v) is 2.71. The summed E-state index contributed by atoms with van der Waals surface area (Å²) < 4.78 is 5.45. The predicted octanol–water partition coefficient (Wildman–Crippen LogP) is 1.84. The van der Waals surface area contributed by atoms with Gasteiger partial charge in [0.1, 0.15) is 0 Å². The molecule has 0 saturated carbocycles. The molecule has 2 N–H and O–H groups in total. The molecule has 0 fully saturated rings. The quantitative estimate of drug-likeness (QED) is 0.650. The molecule has 0 aliphatic heterocycles. The van der Waals surface area contributed by atoms with Crippen LogP contribution in [0.1, 0.15) is 17.9 Å². The summed E-state index contributed by atoms with van der Waals surface area (Å²) in [5, 5.41) is 18.7. The van der Waals surface area contributed by atoms with Gasteiger partial charge in [-0.25, -0.2) is 0 Å². The zero-order valence-electron chi connectivity index (χ0n) is 10.5. The first kappa shape index (κ1) is 13.2. The number of nitro groups is 1. The summed E-state index contributed by atoms with van der Waals surface area (Å²) in [4.78, 5) is 10.5. The molecule has 0 aliphatic carbocycles. The lowest BCUT2D eigenvalue weighted by Crippen LogP contribution is -2.00. The number of nitrogens with two attached hydrogens (primary N) is 1. The van der Waals surface area contributed by atoms with Gasteiger partial charge in [0, 0.05) is 23.6 Å². The van der Waals surface area contributed by atoms with Crippen molar-refractivity contribution in [3.63, 3.8) is 0 Å². The van der Waals surface area contributed by atoms with Crippen molar-refractivity contribution >= 4 is 5.69 Å². The summed E-state index contributed by atoms with van der Waals surface area (Å²) in [7, 11) is 0. The molecule has 2 aromatic rings. The minimum atomic E-state index is -0.426. The lowest BCUT2D eigenvalue weighted by atomic mass is 10.1. The van der Waals surface area contributed by atoms with E-state index in [1.807, 2.05) is 0 Å². The summed E-state index contributed by atoms with van der Waals surface area (Å²) in [5.41, 5.74) is 6.58. The van der Waals surface area contributed by atoms with Crippen molar-refractivity contribution in [2.45, 2.75) is 19.8 Å². The molecule has 0 bridgehead atoms. The Balaban J connectivity index is 2.29. The van der Waals surface area contributed by atoms with Crippen LogP contribution < -0.4 is 5.73 Å². The molecular weight excluding hydrogens is 248 g/mol. The Morgan fingerprint density at radius 3 is 2.89 bits per heavy atom. The van der Waals surface area contributed by atoms with Gasteiger partial charge in [0.25, 0.3) is 5.69 Å². The van der Waals surface area contributed by atoms with Gasteiger partial charge in [-0.15, -0.1) is 10.2 Å². The number of benzene rings is 1. The second-order valence-corrected chi connectivity index (χ2v) is 4.15. The van der Waals surface area contributed by atoms with E-state index in [0.717, 1.165) is 6.42 Å². The number of rotatable bonds is 5. The van der Waals surface area contributed by atoms with Crippen LogP contribution in [0.2, 0.25) is 0 Å². The molecule has 0 amide bonds. The molecule has 19 heavy (non-hydrogen) atoms. The van der Waals surface area contributed by atoms with Crippen LogP contribution in [0.3, 0.4) is 0 Å². The van der Waals surface area contributed by atoms with Gasteiger partial charge in [-0.1, -0.05) is 6.07 Å². The molecule has 1 aromatic heterocycles. The van der Waals surface area contributed by atoms with Crippen LogP contribution in [0, 0.1) is 17.0 Å². The second kappa shape index (κ2) is 5.57. The fourth-order valence-electron chi connectivity index (χ4n) is 1.66. The van der Waals surface area contributed by atoms with E-state index >= 15 is 0 Å². The molecule has 0 saturated heterocycles. The largest absolute Gasteiger partial charge is 0.421 e. The van der Waals surface area contributed by atoms with Gasteiger partial charge < -0.3 is 10.2 Å². The van der Waals surface area contributed by atoms with Crippen LogP contribution in [-0.4, -0.2) is 21.7 Å². The first-order valence-electron chi connectivity index (χ1n) is 5.89. The highest BCUT2D eigenvalue weighted by Gasteiger charge is 2.15. The summed E-state index contributed by atoms with van der Waals surface area (Å²) >= 11 is 0. The molecule has 0 unspecified atom stereocenters. The number of nitrogens with zero attached hydrogens (tertiary/aromatic N) is 3. The predicted molar refractivity (Wildman–Crippen MR) is 68.5 cm³/mol. The number of hydrogen-bond acceptors (Lipinski definition) is 6. The Morgan fingerprint density at radius 2 is 2.21 bits per heavy atom. The van der Waals surface area contributed by atoms with Crippen molar-refractivity contribution in [1.29, 1.82) is 0 Å². The molecule has 0 radical (unpaired) electrons. The minimum Gasteiger partial charge on any atom is -0.421 e. The SMILES string of the molecule is Cc1ccc(-c2nnc(CCCN)o2)cc1[N+](=O)[O-]. The number of aromatic nitrogens is 2. The maximum atomic E-state index is 10.9. The Kier molecular flexibility index (Phi) is 3.86. The third-order valence-electron chi connectivity index (χ3n) is 2.71. The van der Waals surface area contributed by atoms with Crippen molar-refractivity contribution in [3.8, 4) is 11.5 Å². The molecule has 0 spiro atoms.